The Morgan fingerprint density at radius 2 is 2.10 bits per heavy atom. The van der Waals surface area contributed by atoms with Gasteiger partial charge in [0.1, 0.15) is 11.3 Å². The van der Waals surface area contributed by atoms with Gasteiger partial charge in [0, 0.05) is 30.2 Å². The molecule has 1 aliphatic heterocycles. The first-order valence-electron chi connectivity index (χ1n) is 11.4. The summed E-state index contributed by atoms with van der Waals surface area (Å²) in [7, 11) is 0. The number of hydrogen-bond acceptors (Lipinski definition) is 4. The van der Waals surface area contributed by atoms with Crippen molar-refractivity contribution in [1.29, 1.82) is 0 Å². The van der Waals surface area contributed by atoms with Crippen molar-refractivity contribution in [2.75, 3.05) is 13.1 Å². The van der Waals surface area contributed by atoms with E-state index in [1.165, 1.54) is 30.5 Å². The molecule has 3 fully saturated rings. The maximum atomic E-state index is 12.4. The zero-order chi connectivity index (χ0) is 21.5. The SMILES string of the molecule is Cc1ccc(O)cc1[C@@]12Cc3[nH]c(=O)c(C(=O)O)cc3C[C@H]1[C@H]1C(CN1CC1CC1)C2. The highest BCUT2D eigenvalue weighted by Gasteiger charge is 2.62. The number of benzene rings is 1. The van der Waals surface area contributed by atoms with Crippen LogP contribution in [-0.2, 0) is 18.3 Å². The molecule has 31 heavy (non-hydrogen) atoms. The van der Waals surface area contributed by atoms with Gasteiger partial charge in [-0.1, -0.05) is 6.07 Å². The average molecular weight is 421 g/mol. The number of phenols is 1. The highest BCUT2D eigenvalue weighted by molar-refractivity contribution is 5.87. The lowest BCUT2D eigenvalue weighted by Crippen LogP contribution is -2.58. The van der Waals surface area contributed by atoms with Gasteiger partial charge in [0.25, 0.3) is 5.56 Å². The van der Waals surface area contributed by atoms with Gasteiger partial charge in [-0.2, -0.15) is 0 Å². The lowest BCUT2D eigenvalue weighted by atomic mass is 9.62. The van der Waals surface area contributed by atoms with Crippen LogP contribution in [0.5, 0.6) is 5.75 Å². The summed E-state index contributed by atoms with van der Waals surface area (Å²) in [5.74, 6) is 0.914. The zero-order valence-electron chi connectivity index (χ0n) is 17.7. The molecule has 2 saturated carbocycles. The second kappa shape index (κ2) is 6.45. The van der Waals surface area contributed by atoms with Gasteiger partial charge >= 0.3 is 5.97 Å². The van der Waals surface area contributed by atoms with E-state index in [0.717, 1.165) is 36.6 Å². The molecule has 1 aromatic heterocycles. The van der Waals surface area contributed by atoms with Gasteiger partial charge in [-0.25, -0.2) is 4.79 Å². The highest BCUT2D eigenvalue weighted by Crippen LogP contribution is 2.60. The van der Waals surface area contributed by atoms with Crippen molar-refractivity contribution < 1.29 is 15.0 Å². The van der Waals surface area contributed by atoms with Gasteiger partial charge in [0.2, 0.25) is 0 Å². The molecule has 0 bridgehead atoms. The Labute approximate surface area is 180 Å². The molecule has 1 aromatic carbocycles. The molecule has 4 atom stereocenters. The first kappa shape index (κ1) is 19.1. The standard InChI is InChI=1S/C25H28N2O4/c1-13-2-5-17(28)8-19(13)25-9-16-12-27(11-14-3-4-14)22(16)20(25)7-15-6-18(24(30)31)23(29)26-21(15)10-25/h2,5-6,8,14,16,20,22,28H,3-4,7,9-12H2,1H3,(H,26,29)(H,30,31)/t16?,20-,22+,25+/m0/s1. The number of carboxylic acid groups (broad SMARTS) is 1. The Balaban J connectivity index is 1.48. The van der Waals surface area contributed by atoms with Crippen LogP contribution < -0.4 is 5.56 Å². The molecule has 1 saturated heterocycles. The van der Waals surface area contributed by atoms with Crippen molar-refractivity contribution in [3.05, 3.63) is 62.6 Å². The van der Waals surface area contributed by atoms with Crippen molar-refractivity contribution in [2.45, 2.75) is 50.5 Å². The molecule has 162 valence electrons. The van der Waals surface area contributed by atoms with Crippen LogP contribution in [0.1, 0.15) is 52.0 Å². The topological polar surface area (TPSA) is 93.6 Å². The van der Waals surface area contributed by atoms with Crippen molar-refractivity contribution in [1.82, 2.24) is 9.88 Å². The van der Waals surface area contributed by atoms with E-state index in [1.54, 1.807) is 12.1 Å². The number of nitrogens with zero attached hydrogens (tertiary/aromatic N) is 1. The molecule has 2 heterocycles. The third-order valence-electron chi connectivity index (χ3n) is 8.45. The van der Waals surface area contributed by atoms with Crippen molar-refractivity contribution in [3.8, 4) is 5.75 Å². The molecule has 1 unspecified atom stereocenters. The van der Waals surface area contributed by atoms with E-state index in [9.17, 15) is 19.8 Å². The smallest absolute Gasteiger partial charge is 0.341 e. The third kappa shape index (κ3) is 2.80. The largest absolute Gasteiger partial charge is 0.508 e. The summed E-state index contributed by atoms with van der Waals surface area (Å²) in [4.78, 5) is 29.5. The predicted molar refractivity (Wildman–Crippen MR) is 116 cm³/mol. The maximum absolute atomic E-state index is 12.4. The summed E-state index contributed by atoms with van der Waals surface area (Å²) in [6.07, 6.45) is 5.18. The molecule has 6 nitrogen and oxygen atoms in total. The fraction of sp³-hybridized carbons (Fsp3) is 0.520. The van der Waals surface area contributed by atoms with Gasteiger partial charge in [-0.3, -0.25) is 9.69 Å². The number of rotatable bonds is 4. The van der Waals surface area contributed by atoms with Crippen molar-refractivity contribution in [3.63, 3.8) is 0 Å². The van der Waals surface area contributed by atoms with Crippen LogP contribution in [0.15, 0.2) is 29.1 Å². The summed E-state index contributed by atoms with van der Waals surface area (Å²) < 4.78 is 0. The number of aromatic nitrogens is 1. The Morgan fingerprint density at radius 3 is 2.84 bits per heavy atom. The number of aryl methyl sites for hydroxylation is 1. The summed E-state index contributed by atoms with van der Waals surface area (Å²) in [6.45, 7) is 4.41. The molecule has 0 amide bonds. The number of aromatic carboxylic acids is 1. The molecule has 6 heteroatoms. The Bertz CT molecular complexity index is 1150. The number of carboxylic acids is 1. The van der Waals surface area contributed by atoms with Gasteiger partial charge < -0.3 is 15.2 Å². The van der Waals surface area contributed by atoms with E-state index in [0.29, 0.717) is 24.3 Å². The number of likely N-dealkylation sites (tertiary alicyclic amines) is 1. The zero-order valence-corrected chi connectivity index (χ0v) is 17.7. The van der Waals surface area contributed by atoms with Crippen LogP contribution in [0, 0.1) is 24.7 Å². The Morgan fingerprint density at radius 1 is 1.29 bits per heavy atom. The summed E-state index contributed by atoms with van der Waals surface area (Å²) in [6, 6.07) is 7.76. The highest BCUT2D eigenvalue weighted by atomic mass is 16.4. The number of aromatic hydroxyl groups is 1. The average Bonchev–Trinajstić information content (AvgIpc) is 3.49. The third-order valence-corrected chi connectivity index (χ3v) is 8.45. The normalized spacial score (nSPS) is 31.5. The minimum atomic E-state index is -1.17. The summed E-state index contributed by atoms with van der Waals surface area (Å²) >= 11 is 0. The maximum Gasteiger partial charge on any atom is 0.341 e. The number of phenolic OH excluding ortho intramolecular Hbond substituents is 1. The number of fused-ring (bicyclic) bond motifs is 4. The number of nitrogens with one attached hydrogen (secondary N) is 1. The van der Waals surface area contributed by atoms with Crippen molar-refractivity contribution >= 4 is 5.97 Å². The minimum absolute atomic E-state index is 0.142. The summed E-state index contributed by atoms with van der Waals surface area (Å²) in [5.41, 5.74) is 3.36. The lowest BCUT2D eigenvalue weighted by molar-refractivity contribution is 0.00552. The van der Waals surface area contributed by atoms with Gasteiger partial charge in [0.15, 0.2) is 0 Å². The molecule has 2 aromatic rings. The van der Waals surface area contributed by atoms with Crippen molar-refractivity contribution in [2.24, 2.45) is 17.8 Å². The molecular weight excluding hydrogens is 392 g/mol. The molecular formula is C25H28N2O4. The monoisotopic (exact) mass is 420 g/mol. The second-order valence-corrected chi connectivity index (χ2v) is 10.3. The molecule has 3 N–H and O–H groups in total. The van der Waals surface area contributed by atoms with Crippen LogP contribution in [0.3, 0.4) is 0 Å². The molecule has 6 rings (SSSR count). The predicted octanol–water partition coefficient (Wildman–Crippen LogP) is 2.85. The van der Waals surface area contributed by atoms with E-state index in [1.807, 2.05) is 12.1 Å². The first-order chi connectivity index (χ1) is 14.9. The second-order valence-electron chi connectivity index (χ2n) is 10.3. The fourth-order valence-electron chi connectivity index (χ4n) is 6.97. The van der Waals surface area contributed by atoms with Gasteiger partial charge in [-0.15, -0.1) is 0 Å². The summed E-state index contributed by atoms with van der Waals surface area (Å²) in [5, 5.41) is 19.8. The number of H-pyrrole nitrogens is 1. The molecule has 4 aliphatic rings. The van der Waals surface area contributed by atoms with E-state index in [4.69, 9.17) is 0 Å². The van der Waals surface area contributed by atoms with E-state index in [-0.39, 0.29) is 16.7 Å². The number of hydrogen-bond donors (Lipinski definition) is 3. The number of pyridine rings is 1. The van der Waals surface area contributed by atoms with Gasteiger partial charge in [-0.05, 0) is 91.7 Å². The Hall–Kier alpha value is -2.60. The van der Waals surface area contributed by atoms with Crippen LogP contribution in [-0.4, -0.2) is 45.2 Å². The quantitative estimate of drug-likeness (QED) is 0.707. The van der Waals surface area contributed by atoms with E-state index >= 15 is 0 Å². The molecule has 0 radical (unpaired) electrons. The molecule has 3 aliphatic carbocycles. The molecule has 0 spiro atoms. The van der Waals surface area contributed by atoms with Crippen LogP contribution in [0.4, 0.5) is 0 Å². The van der Waals surface area contributed by atoms with E-state index < -0.39 is 11.5 Å². The Kier molecular flexibility index (Phi) is 3.98. The first-order valence-corrected chi connectivity index (χ1v) is 11.4. The minimum Gasteiger partial charge on any atom is -0.508 e. The fourth-order valence-corrected chi connectivity index (χ4v) is 6.97. The van der Waals surface area contributed by atoms with E-state index in [2.05, 4.69) is 16.8 Å². The van der Waals surface area contributed by atoms with Crippen LogP contribution in [0.2, 0.25) is 0 Å². The lowest BCUT2D eigenvalue weighted by Gasteiger charge is -2.49. The van der Waals surface area contributed by atoms with Crippen LogP contribution >= 0.6 is 0 Å². The number of carbonyl (C=O) groups is 1. The van der Waals surface area contributed by atoms with Crippen LogP contribution in [0.25, 0.3) is 0 Å². The number of aromatic amines is 1. The van der Waals surface area contributed by atoms with Gasteiger partial charge in [0.05, 0.1) is 0 Å².